The number of nitrogens with zero attached hydrogens (tertiary/aromatic N) is 3. The number of anilines is 2. The predicted octanol–water partition coefficient (Wildman–Crippen LogP) is 0.713. The molecule has 3 N–H and O–H groups in total. The van der Waals surface area contributed by atoms with E-state index in [1.807, 2.05) is 6.07 Å². The number of likely N-dealkylation sites (N-methyl/N-ethyl adjacent to an activating group) is 1. The summed E-state index contributed by atoms with van der Waals surface area (Å²) < 4.78 is 0. The maximum absolute atomic E-state index is 5.82. The minimum atomic E-state index is 0.720. The summed E-state index contributed by atoms with van der Waals surface area (Å²) >= 11 is 0. The first-order valence-corrected chi connectivity index (χ1v) is 6.60. The summed E-state index contributed by atoms with van der Waals surface area (Å²) in [4.78, 5) is 8.88. The third-order valence-corrected chi connectivity index (χ3v) is 3.41. The van der Waals surface area contributed by atoms with Crippen molar-refractivity contribution in [2.75, 3.05) is 57.4 Å². The molecule has 18 heavy (non-hydrogen) atoms. The van der Waals surface area contributed by atoms with Crippen LogP contribution in [-0.2, 0) is 0 Å². The van der Waals surface area contributed by atoms with Gasteiger partial charge in [0, 0.05) is 38.9 Å². The molecular weight excluding hydrogens is 226 g/mol. The Morgan fingerprint density at radius 1 is 1.33 bits per heavy atom. The normalized spacial score (nSPS) is 17.8. The van der Waals surface area contributed by atoms with E-state index in [4.69, 9.17) is 5.73 Å². The first-order chi connectivity index (χ1) is 8.75. The fourth-order valence-electron chi connectivity index (χ4n) is 2.16. The Hall–Kier alpha value is -1.33. The summed E-state index contributed by atoms with van der Waals surface area (Å²) in [7, 11) is 2.19. The maximum atomic E-state index is 5.82. The Morgan fingerprint density at radius 3 is 2.83 bits per heavy atom. The van der Waals surface area contributed by atoms with E-state index < -0.39 is 0 Å². The van der Waals surface area contributed by atoms with E-state index in [2.05, 4.69) is 27.1 Å². The first-order valence-electron chi connectivity index (χ1n) is 6.60. The highest BCUT2D eigenvalue weighted by Gasteiger charge is 2.12. The SMILES string of the molecule is CN1CCN(CCCNc2ccncc2N)CC1. The van der Waals surface area contributed by atoms with E-state index >= 15 is 0 Å². The lowest BCUT2D eigenvalue weighted by molar-refractivity contribution is 0.154. The molecular formula is C13H23N5. The zero-order valence-corrected chi connectivity index (χ0v) is 11.1. The molecule has 1 saturated heterocycles. The highest BCUT2D eigenvalue weighted by molar-refractivity contribution is 5.64. The van der Waals surface area contributed by atoms with Gasteiger partial charge in [0.25, 0.3) is 0 Å². The average molecular weight is 249 g/mol. The van der Waals surface area contributed by atoms with Gasteiger partial charge in [-0.1, -0.05) is 0 Å². The second-order valence-corrected chi connectivity index (χ2v) is 4.89. The van der Waals surface area contributed by atoms with Crippen LogP contribution in [0.25, 0.3) is 0 Å². The second-order valence-electron chi connectivity index (χ2n) is 4.89. The van der Waals surface area contributed by atoms with Gasteiger partial charge in [-0.25, -0.2) is 0 Å². The number of aromatic nitrogens is 1. The van der Waals surface area contributed by atoms with Gasteiger partial charge < -0.3 is 20.9 Å². The lowest BCUT2D eigenvalue weighted by Crippen LogP contribution is -2.44. The van der Waals surface area contributed by atoms with Crippen molar-refractivity contribution >= 4 is 11.4 Å². The van der Waals surface area contributed by atoms with E-state index in [1.54, 1.807) is 12.4 Å². The largest absolute Gasteiger partial charge is 0.396 e. The smallest absolute Gasteiger partial charge is 0.0736 e. The van der Waals surface area contributed by atoms with Gasteiger partial charge in [-0.2, -0.15) is 0 Å². The van der Waals surface area contributed by atoms with Crippen molar-refractivity contribution in [2.24, 2.45) is 0 Å². The van der Waals surface area contributed by atoms with Crippen LogP contribution in [0.3, 0.4) is 0 Å². The molecule has 0 unspecified atom stereocenters. The highest BCUT2D eigenvalue weighted by Crippen LogP contribution is 2.14. The molecule has 1 aromatic heterocycles. The van der Waals surface area contributed by atoms with E-state index in [0.717, 1.165) is 30.9 Å². The molecule has 0 aromatic carbocycles. The lowest BCUT2D eigenvalue weighted by atomic mass is 10.3. The molecule has 2 heterocycles. The lowest BCUT2D eigenvalue weighted by Gasteiger charge is -2.32. The van der Waals surface area contributed by atoms with Crippen LogP contribution in [0.1, 0.15) is 6.42 Å². The van der Waals surface area contributed by atoms with Crippen LogP contribution in [0, 0.1) is 0 Å². The van der Waals surface area contributed by atoms with Gasteiger partial charge in [0.05, 0.1) is 17.6 Å². The van der Waals surface area contributed by atoms with Gasteiger partial charge in [0.2, 0.25) is 0 Å². The maximum Gasteiger partial charge on any atom is 0.0736 e. The average Bonchev–Trinajstić information content (AvgIpc) is 2.39. The number of nitrogens with one attached hydrogen (secondary N) is 1. The zero-order valence-electron chi connectivity index (χ0n) is 11.1. The van der Waals surface area contributed by atoms with Crippen molar-refractivity contribution in [3.8, 4) is 0 Å². The number of nitrogen functional groups attached to an aromatic ring is 1. The molecule has 0 saturated carbocycles. The molecule has 1 aliphatic rings. The van der Waals surface area contributed by atoms with Crippen LogP contribution in [0.15, 0.2) is 18.5 Å². The Kier molecular flexibility index (Phi) is 4.78. The quantitative estimate of drug-likeness (QED) is 0.753. The minimum Gasteiger partial charge on any atom is -0.396 e. The number of hydrogen-bond donors (Lipinski definition) is 2. The molecule has 5 nitrogen and oxygen atoms in total. The van der Waals surface area contributed by atoms with Gasteiger partial charge in [-0.3, -0.25) is 4.98 Å². The zero-order chi connectivity index (χ0) is 12.8. The third-order valence-electron chi connectivity index (χ3n) is 3.41. The summed E-state index contributed by atoms with van der Waals surface area (Å²) in [5.41, 5.74) is 7.53. The predicted molar refractivity (Wildman–Crippen MR) is 75.7 cm³/mol. The molecule has 1 aliphatic heterocycles. The van der Waals surface area contributed by atoms with Crippen LogP contribution >= 0.6 is 0 Å². The molecule has 0 amide bonds. The van der Waals surface area contributed by atoms with Crippen molar-refractivity contribution in [3.63, 3.8) is 0 Å². The van der Waals surface area contributed by atoms with Crippen molar-refractivity contribution in [1.82, 2.24) is 14.8 Å². The van der Waals surface area contributed by atoms with E-state index in [0.29, 0.717) is 0 Å². The van der Waals surface area contributed by atoms with Crippen LogP contribution in [0.4, 0.5) is 11.4 Å². The third kappa shape index (κ3) is 3.85. The van der Waals surface area contributed by atoms with Gasteiger partial charge in [0.1, 0.15) is 0 Å². The number of pyridine rings is 1. The van der Waals surface area contributed by atoms with Crippen LogP contribution in [0.5, 0.6) is 0 Å². The molecule has 100 valence electrons. The van der Waals surface area contributed by atoms with Crippen molar-refractivity contribution < 1.29 is 0 Å². The molecule has 0 bridgehead atoms. The Bertz CT molecular complexity index is 360. The molecule has 2 rings (SSSR count). The van der Waals surface area contributed by atoms with Gasteiger partial charge >= 0.3 is 0 Å². The van der Waals surface area contributed by atoms with Gasteiger partial charge in [0.15, 0.2) is 0 Å². The Morgan fingerprint density at radius 2 is 2.11 bits per heavy atom. The van der Waals surface area contributed by atoms with Crippen LogP contribution in [0.2, 0.25) is 0 Å². The molecule has 0 aliphatic carbocycles. The molecule has 0 radical (unpaired) electrons. The molecule has 0 spiro atoms. The summed E-state index contributed by atoms with van der Waals surface area (Å²) in [6.07, 6.45) is 4.59. The summed E-state index contributed by atoms with van der Waals surface area (Å²) in [6, 6.07) is 1.92. The Labute approximate surface area is 109 Å². The number of rotatable bonds is 5. The van der Waals surface area contributed by atoms with E-state index in [1.165, 1.54) is 26.2 Å². The second kappa shape index (κ2) is 6.56. The molecule has 0 atom stereocenters. The van der Waals surface area contributed by atoms with E-state index in [-0.39, 0.29) is 0 Å². The van der Waals surface area contributed by atoms with Gasteiger partial charge in [-0.15, -0.1) is 0 Å². The van der Waals surface area contributed by atoms with Gasteiger partial charge in [-0.05, 0) is 26.1 Å². The minimum absolute atomic E-state index is 0.720. The van der Waals surface area contributed by atoms with Crippen LogP contribution in [-0.4, -0.2) is 61.1 Å². The number of piperazine rings is 1. The topological polar surface area (TPSA) is 57.4 Å². The fraction of sp³-hybridized carbons (Fsp3) is 0.615. The van der Waals surface area contributed by atoms with Crippen molar-refractivity contribution in [2.45, 2.75) is 6.42 Å². The van der Waals surface area contributed by atoms with Crippen molar-refractivity contribution in [1.29, 1.82) is 0 Å². The van der Waals surface area contributed by atoms with Crippen LogP contribution < -0.4 is 11.1 Å². The monoisotopic (exact) mass is 249 g/mol. The highest BCUT2D eigenvalue weighted by atomic mass is 15.2. The summed E-state index contributed by atoms with van der Waals surface area (Å²) in [5.74, 6) is 0. The summed E-state index contributed by atoms with van der Waals surface area (Å²) in [5, 5.41) is 3.36. The fourth-order valence-corrected chi connectivity index (χ4v) is 2.16. The molecule has 5 heteroatoms. The standard InChI is InChI=1S/C13H23N5/c1-17-7-9-18(10-8-17)6-2-4-16-13-3-5-15-11-12(13)14/h3,5,11H,2,4,6-10,14H2,1H3,(H,15,16). The molecule has 1 fully saturated rings. The number of nitrogens with two attached hydrogens (primary N) is 1. The number of hydrogen-bond acceptors (Lipinski definition) is 5. The first kappa shape index (κ1) is 13.1. The van der Waals surface area contributed by atoms with E-state index in [9.17, 15) is 0 Å². The van der Waals surface area contributed by atoms with Crippen molar-refractivity contribution in [3.05, 3.63) is 18.5 Å². The molecule has 1 aromatic rings. The summed E-state index contributed by atoms with van der Waals surface area (Å²) in [6.45, 7) is 6.86. The Balaban J connectivity index is 1.63.